The average Bonchev–Trinajstić information content (AvgIpc) is 2.92. The van der Waals surface area contributed by atoms with Gasteiger partial charge in [-0.1, -0.05) is 84.9 Å². The molecular weight excluding hydrogens is 452 g/mol. The Hall–Kier alpha value is -4.58. The maximum absolute atomic E-state index is 13.0. The minimum Gasteiger partial charge on any atom is -0.489 e. The van der Waals surface area contributed by atoms with Gasteiger partial charge in [-0.15, -0.1) is 0 Å². The maximum atomic E-state index is 13.0. The van der Waals surface area contributed by atoms with Crippen molar-refractivity contribution in [2.75, 3.05) is 6.61 Å². The first-order valence-electron chi connectivity index (χ1n) is 11.9. The first-order valence-corrected chi connectivity index (χ1v) is 11.9. The van der Waals surface area contributed by atoms with Crippen molar-refractivity contribution < 1.29 is 19.1 Å². The summed E-state index contributed by atoms with van der Waals surface area (Å²) in [6.07, 6.45) is 0. The normalized spacial score (nSPS) is 15.2. The number of nitrogens with one attached hydrogen (secondary N) is 2. The molecule has 180 valence electrons. The lowest BCUT2D eigenvalue weighted by Crippen LogP contribution is -2.45. The quantitative estimate of drug-likeness (QED) is 0.332. The van der Waals surface area contributed by atoms with Crippen LogP contribution in [0.4, 0.5) is 4.79 Å². The number of carbonyl (C=O) groups is 2. The van der Waals surface area contributed by atoms with Crippen LogP contribution in [-0.2, 0) is 16.1 Å². The number of fused-ring (bicyclic) bond motifs is 1. The van der Waals surface area contributed by atoms with Crippen LogP contribution in [0.1, 0.15) is 29.7 Å². The predicted octanol–water partition coefficient (Wildman–Crippen LogP) is 5.75. The SMILES string of the molecule is CCOC(=O)C1=C(c2ccccc2)NC(=O)N[C@H]1c1ccc(OCc2cccc3ccccc23)cc1. The highest BCUT2D eigenvalue weighted by Crippen LogP contribution is 2.33. The van der Waals surface area contributed by atoms with Crippen LogP contribution in [-0.4, -0.2) is 18.6 Å². The molecule has 0 spiro atoms. The highest BCUT2D eigenvalue weighted by Gasteiger charge is 2.34. The van der Waals surface area contributed by atoms with Crippen molar-refractivity contribution in [2.45, 2.75) is 19.6 Å². The van der Waals surface area contributed by atoms with Gasteiger partial charge in [-0.05, 0) is 46.5 Å². The number of rotatable bonds is 7. The zero-order chi connectivity index (χ0) is 24.9. The molecule has 2 amide bonds. The molecule has 1 aliphatic rings. The van der Waals surface area contributed by atoms with Gasteiger partial charge in [0, 0.05) is 0 Å². The highest BCUT2D eigenvalue weighted by atomic mass is 16.5. The summed E-state index contributed by atoms with van der Waals surface area (Å²) >= 11 is 0. The molecule has 4 aromatic carbocycles. The second-order valence-electron chi connectivity index (χ2n) is 8.40. The Morgan fingerprint density at radius 1 is 0.861 bits per heavy atom. The second kappa shape index (κ2) is 10.4. The highest BCUT2D eigenvalue weighted by molar-refractivity contribution is 6.04. The molecule has 36 heavy (non-hydrogen) atoms. The van der Waals surface area contributed by atoms with Crippen LogP contribution in [0.3, 0.4) is 0 Å². The Balaban J connectivity index is 1.42. The molecule has 4 aromatic rings. The van der Waals surface area contributed by atoms with Gasteiger partial charge < -0.3 is 20.1 Å². The number of amides is 2. The summed E-state index contributed by atoms with van der Waals surface area (Å²) in [7, 11) is 0. The summed E-state index contributed by atoms with van der Waals surface area (Å²) in [6.45, 7) is 2.41. The van der Waals surface area contributed by atoms with Crippen LogP contribution >= 0.6 is 0 Å². The van der Waals surface area contributed by atoms with Crippen molar-refractivity contribution in [1.29, 1.82) is 0 Å². The van der Waals surface area contributed by atoms with Gasteiger partial charge in [-0.25, -0.2) is 9.59 Å². The third kappa shape index (κ3) is 4.79. The van der Waals surface area contributed by atoms with Gasteiger partial charge in [0.15, 0.2) is 0 Å². The van der Waals surface area contributed by atoms with Crippen LogP contribution < -0.4 is 15.4 Å². The van der Waals surface area contributed by atoms with Gasteiger partial charge in [0.05, 0.1) is 23.9 Å². The molecule has 1 atom stereocenters. The van der Waals surface area contributed by atoms with E-state index < -0.39 is 12.0 Å². The first-order chi connectivity index (χ1) is 17.6. The zero-order valence-electron chi connectivity index (χ0n) is 19.9. The summed E-state index contributed by atoms with van der Waals surface area (Å²) in [5.41, 5.74) is 3.38. The molecular formula is C30H26N2O4. The number of hydrogen-bond donors (Lipinski definition) is 2. The molecule has 0 unspecified atom stereocenters. The van der Waals surface area contributed by atoms with Crippen molar-refractivity contribution in [3.05, 3.63) is 119 Å². The Kier molecular flexibility index (Phi) is 6.67. The number of ether oxygens (including phenoxy) is 2. The molecule has 0 radical (unpaired) electrons. The number of hydrogen-bond acceptors (Lipinski definition) is 4. The van der Waals surface area contributed by atoms with Crippen molar-refractivity contribution in [3.8, 4) is 5.75 Å². The van der Waals surface area contributed by atoms with Gasteiger partial charge in [0.2, 0.25) is 0 Å². The Labute approximate surface area is 209 Å². The Bertz CT molecular complexity index is 1420. The number of carbonyl (C=O) groups excluding carboxylic acids is 2. The predicted molar refractivity (Wildman–Crippen MR) is 139 cm³/mol. The summed E-state index contributed by atoms with van der Waals surface area (Å²) in [6, 6.07) is 30.0. The van der Waals surface area contributed by atoms with E-state index in [1.807, 2.05) is 72.8 Å². The summed E-state index contributed by atoms with van der Waals surface area (Å²) in [5, 5.41) is 7.99. The lowest BCUT2D eigenvalue weighted by molar-refractivity contribution is -0.138. The van der Waals surface area contributed by atoms with E-state index in [0.717, 1.165) is 22.1 Å². The van der Waals surface area contributed by atoms with E-state index in [2.05, 4.69) is 34.9 Å². The maximum Gasteiger partial charge on any atom is 0.338 e. The van der Waals surface area contributed by atoms with Crippen molar-refractivity contribution in [3.63, 3.8) is 0 Å². The van der Waals surface area contributed by atoms with E-state index >= 15 is 0 Å². The fraction of sp³-hybridized carbons (Fsp3) is 0.133. The molecule has 0 saturated heterocycles. The van der Waals surface area contributed by atoms with E-state index in [0.29, 0.717) is 23.6 Å². The minimum atomic E-state index is -0.667. The van der Waals surface area contributed by atoms with E-state index in [9.17, 15) is 9.59 Å². The summed E-state index contributed by atoms with van der Waals surface area (Å²) in [5.74, 6) is 0.210. The second-order valence-corrected chi connectivity index (χ2v) is 8.40. The average molecular weight is 479 g/mol. The van der Waals surface area contributed by atoms with Gasteiger partial charge in [-0.2, -0.15) is 0 Å². The molecule has 0 bridgehead atoms. The van der Waals surface area contributed by atoms with E-state index in [4.69, 9.17) is 9.47 Å². The fourth-order valence-electron chi connectivity index (χ4n) is 4.41. The largest absolute Gasteiger partial charge is 0.489 e. The van der Waals surface area contributed by atoms with Crippen LogP contribution in [0, 0.1) is 0 Å². The third-order valence-corrected chi connectivity index (χ3v) is 6.12. The topological polar surface area (TPSA) is 76.7 Å². The molecule has 6 nitrogen and oxygen atoms in total. The summed E-state index contributed by atoms with van der Waals surface area (Å²) in [4.78, 5) is 25.6. The van der Waals surface area contributed by atoms with Crippen molar-refractivity contribution >= 4 is 28.5 Å². The smallest absolute Gasteiger partial charge is 0.338 e. The Morgan fingerprint density at radius 3 is 2.36 bits per heavy atom. The van der Waals surface area contributed by atoms with E-state index in [1.165, 1.54) is 5.39 Å². The number of esters is 1. The molecule has 0 saturated carbocycles. The van der Waals surface area contributed by atoms with Gasteiger partial charge in [0.25, 0.3) is 0 Å². The molecule has 1 aliphatic heterocycles. The standard InChI is InChI=1S/C30H26N2O4/c1-2-35-29(33)26-27(21-10-4-3-5-11-21)31-30(34)32-28(26)22-15-17-24(18-16-22)36-19-23-13-8-12-20-9-6-7-14-25(20)23/h3-18,28H,2,19H2,1H3,(H2,31,32,34)/t28-/m0/s1. The third-order valence-electron chi connectivity index (χ3n) is 6.12. The van der Waals surface area contributed by atoms with Crippen molar-refractivity contribution in [2.24, 2.45) is 0 Å². The minimum absolute atomic E-state index is 0.228. The van der Waals surface area contributed by atoms with Crippen LogP contribution in [0.15, 0.2) is 103 Å². The van der Waals surface area contributed by atoms with Crippen LogP contribution in [0.2, 0.25) is 0 Å². The lowest BCUT2D eigenvalue weighted by atomic mass is 9.92. The zero-order valence-corrected chi connectivity index (χ0v) is 19.9. The molecule has 0 fully saturated rings. The van der Waals surface area contributed by atoms with E-state index in [1.54, 1.807) is 6.92 Å². The molecule has 2 N–H and O–H groups in total. The number of benzene rings is 4. The van der Waals surface area contributed by atoms with E-state index in [-0.39, 0.29) is 12.6 Å². The van der Waals surface area contributed by atoms with Crippen molar-refractivity contribution in [1.82, 2.24) is 10.6 Å². The van der Waals surface area contributed by atoms with Crippen LogP contribution in [0.25, 0.3) is 16.5 Å². The molecule has 5 rings (SSSR count). The molecule has 0 aromatic heterocycles. The molecule has 6 heteroatoms. The fourth-order valence-corrected chi connectivity index (χ4v) is 4.41. The Morgan fingerprint density at radius 2 is 1.58 bits per heavy atom. The van der Waals surface area contributed by atoms with Gasteiger partial charge in [0.1, 0.15) is 12.4 Å². The molecule has 1 heterocycles. The first kappa shape index (κ1) is 23.2. The number of urea groups is 1. The van der Waals surface area contributed by atoms with Gasteiger partial charge in [-0.3, -0.25) is 0 Å². The monoisotopic (exact) mass is 478 g/mol. The molecule has 0 aliphatic carbocycles. The van der Waals surface area contributed by atoms with Crippen LogP contribution in [0.5, 0.6) is 5.75 Å². The van der Waals surface area contributed by atoms with Gasteiger partial charge >= 0.3 is 12.0 Å². The summed E-state index contributed by atoms with van der Waals surface area (Å²) < 4.78 is 11.4. The lowest BCUT2D eigenvalue weighted by Gasteiger charge is -2.29.